The predicted molar refractivity (Wildman–Crippen MR) is 85.0 cm³/mol. The van der Waals surface area contributed by atoms with Crippen LogP contribution in [0.3, 0.4) is 0 Å². The summed E-state index contributed by atoms with van der Waals surface area (Å²) in [6, 6.07) is 10.3. The normalized spacial score (nSPS) is 17.1. The van der Waals surface area contributed by atoms with Gasteiger partial charge in [-0.15, -0.1) is 11.8 Å². The molecule has 0 aromatic heterocycles. The van der Waals surface area contributed by atoms with Gasteiger partial charge in [-0.3, -0.25) is 9.69 Å². The van der Waals surface area contributed by atoms with Crippen LogP contribution in [-0.2, 0) is 4.79 Å². The number of carbonyl (C=O) groups is 1. The maximum absolute atomic E-state index is 11.8. The highest BCUT2D eigenvalue weighted by Crippen LogP contribution is 2.16. The maximum Gasteiger partial charge on any atom is 0.234 e. The molecule has 1 aliphatic rings. The second kappa shape index (κ2) is 8.32. The molecule has 1 aromatic carbocycles. The predicted octanol–water partition coefficient (Wildman–Crippen LogP) is 2.63. The van der Waals surface area contributed by atoms with Gasteiger partial charge in [0.05, 0.1) is 6.54 Å². The number of amides is 1. The summed E-state index contributed by atoms with van der Waals surface area (Å²) in [6.45, 7) is 5.71. The Morgan fingerprint density at radius 2 is 2.00 bits per heavy atom. The van der Waals surface area contributed by atoms with E-state index in [-0.39, 0.29) is 5.91 Å². The van der Waals surface area contributed by atoms with Crippen LogP contribution >= 0.6 is 11.8 Å². The summed E-state index contributed by atoms with van der Waals surface area (Å²) in [6.07, 6.45) is 2.44. The molecule has 1 aromatic rings. The third-order valence-electron chi connectivity index (χ3n) is 3.68. The Labute approximate surface area is 126 Å². The van der Waals surface area contributed by atoms with E-state index in [1.165, 1.54) is 17.7 Å². The summed E-state index contributed by atoms with van der Waals surface area (Å²) >= 11 is 1.78. The number of nitrogens with zero attached hydrogens (tertiary/aromatic N) is 1. The lowest BCUT2D eigenvalue weighted by molar-refractivity contribution is -0.122. The van der Waals surface area contributed by atoms with E-state index >= 15 is 0 Å². The molecule has 4 heteroatoms. The number of piperidine rings is 1. The fraction of sp³-hybridized carbons (Fsp3) is 0.562. The number of nitrogens with one attached hydrogen (secondary N) is 1. The van der Waals surface area contributed by atoms with E-state index in [2.05, 4.69) is 29.3 Å². The highest BCUT2D eigenvalue weighted by molar-refractivity contribution is 7.99. The van der Waals surface area contributed by atoms with Gasteiger partial charge in [0.25, 0.3) is 0 Å². The highest BCUT2D eigenvalue weighted by Gasteiger charge is 2.17. The van der Waals surface area contributed by atoms with Crippen molar-refractivity contribution in [2.75, 3.05) is 31.9 Å². The molecule has 1 saturated heterocycles. The molecule has 0 radical (unpaired) electrons. The van der Waals surface area contributed by atoms with E-state index in [9.17, 15) is 4.79 Å². The highest BCUT2D eigenvalue weighted by atomic mass is 32.2. The third-order valence-corrected chi connectivity index (χ3v) is 4.69. The molecule has 0 bridgehead atoms. The van der Waals surface area contributed by atoms with Gasteiger partial charge in [0, 0.05) is 17.2 Å². The molecule has 0 atom stereocenters. The Morgan fingerprint density at radius 3 is 2.70 bits per heavy atom. The largest absolute Gasteiger partial charge is 0.354 e. The minimum atomic E-state index is 0.160. The molecule has 1 N–H and O–H groups in total. The fourth-order valence-electron chi connectivity index (χ4n) is 2.36. The van der Waals surface area contributed by atoms with E-state index in [4.69, 9.17) is 0 Å². The third kappa shape index (κ3) is 5.55. The average molecular weight is 292 g/mol. The summed E-state index contributed by atoms with van der Waals surface area (Å²) in [5.41, 5.74) is 0. The molecule has 0 unspecified atom stereocenters. The number of benzene rings is 1. The van der Waals surface area contributed by atoms with Crippen molar-refractivity contribution in [3.05, 3.63) is 30.3 Å². The first-order valence-electron chi connectivity index (χ1n) is 7.41. The summed E-state index contributed by atoms with van der Waals surface area (Å²) in [4.78, 5) is 15.4. The molecule has 2 rings (SSSR count). The minimum absolute atomic E-state index is 0.160. The Balaban J connectivity index is 1.56. The number of rotatable bonds is 6. The van der Waals surface area contributed by atoms with Gasteiger partial charge in [0.1, 0.15) is 0 Å². The van der Waals surface area contributed by atoms with Gasteiger partial charge in [-0.1, -0.05) is 25.1 Å². The molecule has 0 spiro atoms. The number of carbonyl (C=O) groups excluding carboxylic acids is 1. The number of hydrogen-bond acceptors (Lipinski definition) is 3. The van der Waals surface area contributed by atoms with Crippen LogP contribution in [0, 0.1) is 5.92 Å². The SMILES string of the molecule is CC1CCN(CC(=O)NCCSc2ccccc2)CC1. The topological polar surface area (TPSA) is 32.3 Å². The molecule has 0 aliphatic carbocycles. The molecule has 1 fully saturated rings. The zero-order valence-electron chi connectivity index (χ0n) is 12.2. The summed E-state index contributed by atoms with van der Waals surface area (Å²) in [5, 5.41) is 3.01. The number of thioether (sulfide) groups is 1. The van der Waals surface area contributed by atoms with Crippen LogP contribution < -0.4 is 5.32 Å². The lowest BCUT2D eigenvalue weighted by Gasteiger charge is -2.29. The van der Waals surface area contributed by atoms with E-state index < -0.39 is 0 Å². The fourth-order valence-corrected chi connectivity index (χ4v) is 3.14. The van der Waals surface area contributed by atoms with Crippen LogP contribution in [0.4, 0.5) is 0 Å². The minimum Gasteiger partial charge on any atom is -0.354 e. The van der Waals surface area contributed by atoms with Gasteiger partial charge < -0.3 is 5.32 Å². The Hall–Kier alpha value is -1.00. The van der Waals surface area contributed by atoms with Crippen molar-refractivity contribution in [2.24, 2.45) is 5.92 Å². The first-order valence-corrected chi connectivity index (χ1v) is 8.39. The van der Waals surface area contributed by atoms with Crippen LogP contribution in [0.2, 0.25) is 0 Å². The smallest absolute Gasteiger partial charge is 0.234 e. The Kier molecular flexibility index (Phi) is 6.40. The van der Waals surface area contributed by atoms with Crippen molar-refractivity contribution in [3.8, 4) is 0 Å². The van der Waals surface area contributed by atoms with Crippen molar-refractivity contribution < 1.29 is 4.79 Å². The second-order valence-corrected chi connectivity index (χ2v) is 6.64. The molecule has 20 heavy (non-hydrogen) atoms. The van der Waals surface area contributed by atoms with E-state index in [0.717, 1.165) is 31.3 Å². The van der Waals surface area contributed by atoms with E-state index in [1.807, 2.05) is 18.2 Å². The van der Waals surface area contributed by atoms with E-state index in [1.54, 1.807) is 11.8 Å². The number of likely N-dealkylation sites (tertiary alicyclic amines) is 1. The van der Waals surface area contributed by atoms with Crippen LogP contribution in [0.5, 0.6) is 0 Å². The van der Waals surface area contributed by atoms with Gasteiger partial charge in [-0.05, 0) is 44.0 Å². The lowest BCUT2D eigenvalue weighted by Crippen LogP contribution is -2.41. The van der Waals surface area contributed by atoms with Crippen LogP contribution in [0.15, 0.2) is 35.2 Å². The molecule has 1 amide bonds. The number of hydrogen-bond donors (Lipinski definition) is 1. The lowest BCUT2D eigenvalue weighted by atomic mass is 9.99. The van der Waals surface area contributed by atoms with Crippen molar-refractivity contribution >= 4 is 17.7 Å². The van der Waals surface area contributed by atoms with Crippen molar-refractivity contribution in [1.82, 2.24) is 10.2 Å². The average Bonchev–Trinajstić information content (AvgIpc) is 2.47. The molecular formula is C16H24N2OS. The van der Waals surface area contributed by atoms with E-state index in [0.29, 0.717) is 6.54 Å². The van der Waals surface area contributed by atoms with Crippen molar-refractivity contribution in [3.63, 3.8) is 0 Å². The zero-order valence-corrected chi connectivity index (χ0v) is 13.0. The van der Waals surface area contributed by atoms with Crippen molar-refractivity contribution in [1.29, 1.82) is 0 Å². The molecule has 0 saturated carbocycles. The van der Waals surface area contributed by atoms with Crippen LogP contribution in [0.1, 0.15) is 19.8 Å². The molecule has 1 heterocycles. The molecular weight excluding hydrogens is 268 g/mol. The second-order valence-electron chi connectivity index (χ2n) is 5.47. The van der Waals surface area contributed by atoms with Gasteiger partial charge in [-0.2, -0.15) is 0 Å². The molecule has 110 valence electrons. The summed E-state index contributed by atoms with van der Waals surface area (Å²) in [7, 11) is 0. The first-order chi connectivity index (χ1) is 9.74. The Bertz CT molecular complexity index is 402. The quantitative estimate of drug-likeness (QED) is 0.646. The monoisotopic (exact) mass is 292 g/mol. The van der Waals surface area contributed by atoms with Gasteiger partial charge in [0.15, 0.2) is 0 Å². The zero-order chi connectivity index (χ0) is 14.2. The summed E-state index contributed by atoms with van der Waals surface area (Å²) in [5.74, 6) is 1.90. The summed E-state index contributed by atoms with van der Waals surface area (Å²) < 4.78 is 0. The van der Waals surface area contributed by atoms with Crippen molar-refractivity contribution in [2.45, 2.75) is 24.7 Å². The van der Waals surface area contributed by atoms with Gasteiger partial charge in [-0.25, -0.2) is 0 Å². The van der Waals surface area contributed by atoms with Gasteiger partial charge >= 0.3 is 0 Å². The molecule has 1 aliphatic heterocycles. The van der Waals surface area contributed by atoms with Gasteiger partial charge in [0.2, 0.25) is 5.91 Å². The molecule has 3 nitrogen and oxygen atoms in total. The first kappa shape index (κ1) is 15.4. The maximum atomic E-state index is 11.8. The van der Waals surface area contributed by atoms with Crippen LogP contribution in [-0.4, -0.2) is 42.7 Å². The van der Waals surface area contributed by atoms with Crippen LogP contribution in [0.25, 0.3) is 0 Å². The standard InChI is InChI=1S/C16H24N2OS/c1-14-7-10-18(11-8-14)13-16(19)17-9-12-20-15-5-3-2-4-6-15/h2-6,14H,7-13H2,1H3,(H,17,19). The Morgan fingerprint density at radius 1 is 1.30 bits per heavy atom.